The van der Waals surface area contributed by atoms with Crippen LogP contribution >= 0.6 is 12.6 Å². The summed E-state index contributed by atoms with van der Waals surface area (Å²) in [5.41, 5.74) is 0.434. The van der Waals surface area contributed by atoms with E-state index in [2.05, 4.69) is 12.6 Å². The van der Waals surface area contributed by atoms with Gasteiger partial charge >= 0.3 is 5.97 Å². The van der Waals surface area contributed by atoms with Crippen LogP contribution in [0.15, 0.2) is 24.3 Å². The summed E-state index contributed by atoms with van der Waals surface area (Å²) in [4.78, 5) is 11.8. The molecule has 0 aliphatic heterocycles. The molecule has 0 saturated heterocycles. The summed E-state index contributed by atoms with van der Waals surface area (Å²) in [6.07, 6.45) is -1.44. The van der Waals surface area contributed by atoms with Crippen LogP contribution in [0, 0.1) is 0 Å². The molecule has 0 amide bonds. The van der Waals surface area contributed by atoms with Crippen molar-refractivity contribution in [2.24, 2.45) is 0 Å². The van der Waals surface area contributed by atoms with E-state index in [4.69, 9.17) is 4.74 Å². The summed E-state index contributed by atoms with van der Waals surface area (Å²) in [7, 11) is 0. The fourth-order valence-electron chi connectivity index (χ4n) is 1.67. The lowest BCUT2D eigenvalue weighted by Gasteiger charge is -2.20. The van der Waals surface area contributed by atoms with Crippen LogP contribution in [-0.4, -0.2) is 33.6 Å². The third kappa shape index (κ3) is 5.15. The highest BCUT2D eigenvalue weighted by atomic mass is 32.1. The predicted molar refractivity (Wildman–Crippen MR) is 81.0 cm³/mol. The topological polar surface area (TPSA) is 66.8 Å². The predicted octanol–water partition coefficient (Wildman–Crippen LogP) is 2.36. The number of thiol groups is 1. The Balaban J connectivity index is 2.76. The molecule has 2 atom stereocenters. The SMILES string of the molecule is CC(C)(C)OC(=O)c1ccc(C(O)C(O)CCS)cc1. The average molecular weight is 298 g/mol. The second-order valence-corrected chi connectivity index (χ2v) is 6.10. The van der Waals surface area contributed by atoms with Gasteiger partial charge in [-0.1, -0.05) is 12.1 Å². The van der Waals surface area contributed by atoms with Crippen LogP contribution in [0.3, 0.4) is 0 Å². The molecule has 2 N–H and O–H groups in total. The lowest BCUT2D eigenvalue weighted by Crippen LogP contribution is -2.24. The summed E-state index contributed by atoms with van der Waals surface area (Å²) >= 11 is 4.02. The molecular weight excluding hydrogens is 276 g/mol. The van der Waals surface area contributed by atoms with E-state index in [9.17, 15) is 15.0 Å². The molecule has 20 heavy (non-hydrogen) atoms. The van der Waals surface area contributed by atoms with E-state index in [-0.39, 0.29) is 0 Å². The maximum Gasteiger partial charge on any atom is 0.338 e. The minimum absolute atomic E-state index is 0.401. The molecule has 4 nitrogen and oxygen atoms in total. The number of hydrogen-bond donors (Lipinski definition) is 3. The molecule has 0 radical (unpaired) electrons. The van der Waals surface area contributed by atoms with Gasteiger partial charge in [0.05, 0.1) is 11.7 Å². The van der Waals surface area contributed by atoms with Gasteiger partial charge < -0.3 is 14.9 Å². The molecule has 0 spiro atoms. The van der Waals surface area contributed by atoms with Crippen LogP contribution in [0.2, 0.25) is 0 Å². The largest absolute Gasteiger partial charge is 0.456 e. The second kappa shape index (κ2) is 7.11. The van der Waals surface area contributed by atoms with Crippen molar-refractivity contribution >= 4 is 18.6 Å². The van der Waals surface area contributed by atoms with Crippen LogP contribution in [0.1, 0.15) is 49.2 Å². The van der Waals surface area contributed by atoms with Gasteiger partial charge in [-0.15, -0.1) is 0 Å². The maximum absolute atomic E-state index is 11.8. The molecule has 5 heteroatoms. The van der Waals surface area contributed by atoms with Crippen molar-refractivity contribution in [2.45, 2.75) is 45.0 Å². The standard InChI is InChI=1S/C15H22O4S/c1-15(2,3)19-14(18)11-6-4-10(5-7-11)13(17)12(16)8-9-20/h4-7,12-13,16-17,20H,8-9H2,1-3H3. The molecule has 1 rings (SSSR count). The monoisotopic (exact) mass is 298 g/mol. The van der Waals surface area contributed by atoms with Gasteiger partial charge in [-0.25, -0.2) is 4.79 Å². The number of ether oxygens (including phenoxy) is 1. The van der Waals surface area contributed by atoms with Crippen LogP contribution in [-0.2, 0) is 4.74 Å². The summed E-state index contributed by atoms with van der Waals surface area (Å²) in [5.74, 6) is 0.0863. The van der Waals surface area contributed by atoms with Crippen molar-refractivity contribution in [3.63, 3.8) is 0 Å². The van der Waals surface area contributed by atoms with Gasteiger partial charge in [0.2, 0.25) is 0 Å². The van der Waals surface area contributed by atoms with E-state index >= 15 is 0 Å². The van der Waals surface area contributed by atoms with E-state index in [0.29, 0.717) is 23.3 Å². The number of aliphatic hydroxyl groups excluding tert-OH is 2. The highest BCUT2D eigenvalue weighted by Crippen LogP contribution is 2.20. The third-order valence-corrected chi connectivity index (χ3v) is 2.93. The normalized spacial score (nSPS) is 14.7. The smallest absolute Gasteiger partial charge is 0.338 e. The summed E-state index contributed by atoms with van der Waals surface area (Å²) in [6.45, 7) is 5.41. The second-order valence-electron chi connectivity index (χ2n) is 5.65. The van der Waals surface area contributed by atoms with E-state index < -0.39 is 23.8 Å². The number of esters is 1. The number of benzene rings is 1. The van der Waals surface area contributed by atoms with Gasteiger partial charge in [0, 0.05) is 0 Å². The molecule has 1 aromatic rings. The molecule has 0 saturated carbocycles. The Kier molecular flexibility index (Phi) is 6.05. The molecular formula is C15H22O4S. The van der Waals surface area contributed by atoms with Crippen LogP contribution < -0.4 is 0 Å². The van der Waals surface area contributed by atoms with Crippen LogP contribution in [0.5, 0.6) is 0 Å². The lowest BCUT2D eigenvalue weighted by molar-refractivity contribution is 0.00686. The molecule has 0 aromatic heterocycles. The minimum atomic E-state index is -0.977. The van der Waals surface area contributed by atoms with E-state index in [1.54, 1.807) is 45.0 Å². The molecule has 0 heterocycles. The van der Waals surface area contributed by atoms with Crippen molar-refractivity contribution in [3.8, 4) is 0 Å². The molecule has 0 bridgehead atoms. The summed E-state index contributed by atoms with van der Waals surface area (Å²) in [5, 5.41) is 19.6. The molecule has 0 aliphatic rings. The molecule has 0 aliphatic carbocycles. The first-order chi connectivity index (χ1) is 9.24. The first-order valence-electron chi connectivity index (χ1n) is 6.55. The summed E-state index contributed by atoms with van der Waals surface area (Å²) in [6, 6.07) is 6.40. The first kappa shape index (κ1) is 17.0. The Morgan fingerprint density at radius 2 is 1.80 bits per heavy atom. The number of aliphatic hydroxyl groups is 2. The maximum atomic E-state index is 11.8. The Hall–Kier alpha value is -1.04. The molecule has 0 fully saturated rings. The van der Waals surface area contributed by atoms with Crippen molar-refractivity contribution in [1.82, 2.24) is 0 Å². The summed E-state index contributed by atoms with van der Waals surface area (Å²) < 4.78 is 5.25. The van der Waals surface area contributed by atoms with Gasteiger partial charge in [0.15, 0.2) is 0 Å². The number of rotatable bonds is 5. The molecule has 2 unspecified atom stereocenters. The van der Waals surface area contributed by atoms with Crippen LogP contribution in [0.4, 0.5) is 0 Å². The zero-order valence-corrected chi connectivity index (χ0v) is 12.9. The zero-order chi connectivity index (χ0) is 15.3. The number of hydrogen-bond acceptors (Lipinski definition) is 5. The lowest BCUT2D eigenvalue weighted by atomic mass is 10.0. The minimum Gasteiger partial charge on any atom is -0.456 e. The van der Waals surface area contributed by atoms with Gasteiger partial charge in [-0.2, -0.15) is 12.6 Å². The van der Waals surface area contributed by atoms with Gasteiger partial charge in [0.25, 0.3) is 0 Å². The Bertz CT molecular complexity index is 436. The van der Waals surface area contributed by atoms with E-state index in [1.165, 1.54) is 0 Å². The van der Waals surface area contributed by atoms with Gasteiger partial charge in [-0.3, -0.25) is 0 Å². The Labute approximate surface area is 125 Å². The van der Waals surface area contributed by atoms with Crippen molar-refractivity contribution in [3.05, 3.63) is 35.4 Å². The fraction of sp³-hybridized carbons (Fsp3) is 0.533. The quantitative estimate of drug-likeness (QED) is 0.577. The number of carbonyl (C=O) groups excluding carboxylic acids is 1. The zero-order valence-electron chi connectivity index (χ0n) is 12.0. The Morgan fingerprint density at radius 3 is 2.25 bits per heavy atom. The van der Waals surface area contributed by atoms with Crippen molar-refractivity contribution in [1.29, 1.82) is 0 Å². The first-order valence-corrected chi connectivity index (χ1v) is 7.18. The van der Waals surface area contributed by atoms with Gasteiger partial charge in [0.1, 0.15) is 11.7 Å². The van der Waals surface area contributed by atoms with Crippen LogP contribution in [0.25, 0.3) is 0 Å². The highest BCUT2D eigenvalue weighted by molar-refractivity contribution is 7.80. The fourth-order valence-corrected chi connectivity index (χ4v) is 1.93. The average Bonchev–Trinajstić information content (AvgIpc) is 2.36. The molecule has 1 aromatic carbocycles. The molecule has 112 valence electrons. The van der Waals surface area contributed by atoms with Crippen molar-refractivity contribution < 1.29 is 19.7 Å². The van der Waals surface area contributed by atoms with Gasteiger partial charge in [-0.05, 0) is 50.6 Å². The Morgan fingerprint density at radius 1 is 1.25 bits per heavy atom. The van der Waals surface area contributed by atoms with E-state index in [1.807, 2.05) is 0 Å². The number of carbonyl (C=O) groups is 1. The van der Waals surface area contributed by atoms with E-state index in [0.717, 1.165) is 0 Å². The van der Waals surface area contributed by atoms with Crippen molar-refractivity contribution in [2.75, 3.05) is 5.75 Å². The highest BCUT2D eigenvalue weighted by Gasteiger charge is 2.20. The third-order valence-electron chi connectivity index (χ3n) is 2.68.